The first-order chi connectivity index (χ1) is 8.21. The zero-order valence-corrected chi connectivity index (χ0v) is 11.7. The van der Waals surface area contributed by atoms with Crippen molar-refractivity contribution in [1.82, 2.24) is 10.2 Å². The van der Waals surface area contributed by atoms with Gasteiger partial charge in [0.25, 0.3) is 0 Å². The molecule has 0 amide bonds. The average Bonchev–Trinajstić information content (AvgIpc) is 2.75. The maximum atomic E-state index is 12.1. The first-order valence-corrected chi connectivity index (χ1v) is 8.82. The van der Waals surface area contributed by atoms with E-state index in [9.17, 15) is 16.8 Å². The summed E-state index contributed by atoms with van der Waals surface area (Å²) in [7, 11) is -6.91. The summed E-state index contributed by atoms with van der Waals surface area (Å²) in [5.74, 6) is -0.375. The van der Waals surface area contributed by atoms with Gasteiger partial charge in [-0.2, -0.15) is 5.10 Å². The van der Waals surface area contributed by atoms with E-state index >= 15 is 0 Å². The Morgan fingerprint density at radius 2 is 2.06 bits per heavy atom. The molecule has 1 atom stereocenters. The molecule has 18 heavy (non-hydrogen) atoms. The monoisotopic (exact) mass is 293 g/mol. The molecule has 1 aromatic heterocycles. The SMILES string of the molecule is Cc1n[nH]c(C)c1NS(=O)(=O)C1CCS(=O)(=O)C1. The van der Waals surface area contributed by atoms with E-state index in [1.807, 2.05) is 0 Å². The number of hydrogen-bond donors (Lipinski definition) is 2. The van der Waals surface area contributed by atoms with Gasteiger partial charge in [0.05, 0.1) is 33.8 Å². The summed E-state index contributed by atoms with van der Waals surface area (Å²) in [6.45, 7) is 3.37. The van der Waals surface area contributed by atoms with Crippen LogP contribution < -0.4 is 4.72 Å². The van der Waals surface area contributed by atoms with Crippen LogP contribution in [0.2, 0.25) is 0 Å². The molecule has 1 aliphatic heterocycles. The van der Waals surface area contributed by atoms with E-state index in [0.717, 1.165) is 0 Å². The fraction of sp³-hybridized carbons (Fsp3) is 0.667. The largest absolute Gasteiger partial charge is 0.280 e. The fourth-order valence-electron chi connectivity index (χ4n) is 1.93. The molecule has 2 heterocycles. The standard InChI is InChI=1S/C9H15N3O4S2/c1-6-9(7(2)11-10-6)12-18(15,16)8-3-4-17(13,14)5-8/h8,12H,3-5H2,1-2H3,(H,10,11). The number of aromatic nitrogens is 2. The summed E-state index contributed by atoms with van der Waals surface area (Å²) in [5.41, 5.74) is 1.55. The minimum atomic E-state index is -3.69. The lowest BCUT2D eigenvalue weighted by molar-refractivity contribution is 0.587. The van der Waals surface area contributed by atoms with Crippen LogP contribution in [-0.4, -0.2) is 43.8 Å². The second-order valence-corrected chi connectivity index (χ2v) is 8.67. The van der Waals surface area contributed by atoms with Gasteiger partial charge in [-0.3, -0.25) is 9.82 Å². The summed E-state index contributed by atoms with van der Waals surface area (Å²) in [6.07, 6.45) is 0.146. The van der Waals surface area contributed by atoms with Gasteiger partial charge < -0.3 is 0 Å². The second kappa shape index (κ2) is 4.23. The average molecular weight is 293 g/mol. The molecule has 1 aromatic rings. The Balaban J connectivity index is 2.24. The molecule has 1 aliphatic rings. The minimum Gasteiger partial charge on any atom is -0.280 e. The van der Waals surface area contributed by atoms with Crippen molar-refractivity contribution in [3.63, 3.8) is 0 Å². The molecule has 7 nitrogen and oxygen atoms in total. The molecule has 0 aromatic carbocycles. The molecule has 1 saturated heterocycles. The number of hydrogen-bond acceptors (Lipinski definition) is 5. The smallest absolute Gasteiger partial charge is 0.236 e. The Kier molecular flexibility index (Phi) is 3.14. The molecular weight excluding hydrogens is 278 g/mol. The van der Waals surface area contributed by atoms with Gasteiger partial charge in [0, 0.05) is 0 Å². The minimum absolute atomic E-state index is 0.0675. The molecule has 0 bridgehead atoms. The lowest BCUT2D eigenvalue weighted by Crippen LogP contribution is -2.29. The molecule has 9 heteroatoms. The van der Waals surface area contributed by atoms with Crippen LogP contribution in [-0.2, 0) is 19.9 Å². The van der Waals surface area contributed by atoms with Crippen molar-refractivity contribution >= 4 is 25.5 Å². The number of nitrogens with one attached hydrogen (secondary N) is 2. The van der Waals surface area contributed by atoms with E-state index in [1.165, 1.54) is 0 Å². The number of aryl methyl sites for hydroxylation is 2. The highest BCUT2D eigenvalue weighted by Gasteiger charge is 2.37. The van der Waals surface area contributed by atoms with Gasteiger partial charge in [-0.05, 0) is 20.3 Å². The molecule has 0 aliphatic carbocycles. The topological polar surface area (TPSA) is 109 Å². The maximum Gasteiger partial charge on any atom is 0.236 e. The lowest BCUT2D eigenvalue weighted by Gasteiger charge is -2.12. The van der Waals surface area contributed by atoms with Gasteiger partial charge in [-0.25, -0.2) is 16.8 Å². The summed E-state index contributed by atoms with van der Waals surface area (Å²) in [6, 6.07) is 0. The van der Waals surface area contributed by atoms with Crippen molar-refractivity contribution in [3.8, 4) is 0 Å². The third-order valence-corrected chi connectivity index (χ3v) is 6.75. The van der Waals surface area contributed by atoms with Crippen molar-refractivity contribution in [2.45, 2.75) is 25.5 Å². The molecule has 1 unspecified atom stereocenters. The number of nitrogens with zero attached hydrogens (tertiary/aromatic N) is 1. The Hall–Kier alpha value is -1.09. The van der Waals surface area contributed by atoms with Gasteiger partial charge in [-0.1, -0.05) is 0 Å². The van der Waals surface area contributed by atoms with Crippen LogP contribution in [0, 0.1) is 13.8 Å². The van der Waals surface area contributed by atoms with E-state index in [4.69, 9.17) is 0 Å². The van der Waals surface area contributed by atoms with Crippen LogP contribution in [0.5, 0.6) is 0 Å². The lowest BCUT2D eigenvalue weighted by atomic mass is 10.3. The molecule has 0 radical (unpaired) electrons. The van der Waals surface area contributed by atoms with Crippen LogP contribution in [0.25, 0.3) is 0 Å². The van der Waals surface area contributed by atoms with Crippen molar-refractivity contribution in [2.24, 2.45) is 0 Å². The Morgan fingerprint density at radius 1 is 1.39 bits per heavy atom. The molecule has 0 spiro atoms. The zero-order valence-electron chi connectivity index (χ0n) is 10.1. The van der Waals surface area contributed by atoms with Gasteiger partial charge in [-0.15, -0.1) is 0 Å². The van der Waals surface area contributed by atoms with Crippen molar-refractivity contribution < 1.29 is 16.8 Å². The van der Waals surface area contributed by atoms with Crippen LogP contribution >= 0.6 is 0 Å². The van der Waals surface area contributed by atoms with E-state index in [0.29, 0.717) is 17.1 Å². The predicted molar refractivity (Wildman–Crippen MR) is 67.7 cm³/mol. The first-order valence-electron chi connectivity index (χ1n) is 5.45. The predicted octanol–water partition coefficient (Wildman–Crippen LogP) is -0.0447. The highest BCUT2D eigenvalue weighted by atomic mass is 32.2. The van der Waals surface area contributed by atoms with Crippen molar-refractivity contribution in [2.75, 3.05) is 16.2 Å². The highest BCUT2D eigenvalue weighted by Crippen LogP contribution is 2.24. The molecule has 102 valence electrons. The van der Waals surface area contributed by atoms with Gasteiger partial charge in [0.2, 0.25) is 10.0 Å². The third kappa shape index (κ3) is 2.51. The van der Waals surface area contributed by atoms with Crippen molar-refractivity contribution in [1.29, 1.82) is 0 Å². The van der Waals surface area contributed by atoms with Gasteiger partial charge >= 0.3 is 0 Å². The van der Waals surface area contributed by atoms with Crippen LogP contribution in [0.3, 0.4) is 0 Å². The Morgan fingerprint density at radius 3 is 2.50 bits per heavy atom. The maximum absolute atomic E-state index is 12.1. The summed E-state index contributed by atoms with van der Waals surface area (Å²) in [4.78, 5) is 0. The normalized spacial score (nSPS) is 23.1. The first kappa shape index (κ1) is 13.3. The fourth-order valence-corrected chi connectivity index (χ4v) is 6.14. The molecule has 2 N–H and O–H groups in total. The molecule has 0 saturated carbocycles. The second-order valence-electron chi connectivity index (χ2n) is 4.48. The van der Waals surface area contributed by atoms with E-state index < -0.39 is 25.1 Å². The number of rotatable bonds is 3. The number of aromatic amines is 1. The zero-order chi connectivity index (χ0) is 13.6. The summed E-state index contributed by atoms with van der Waals surface area (Å²) < 4.78 is 49.2. The van der Waals surface area contributed by atoms with Gasteiger partial charge in [0.1, 0.15) is 0 Å². The molecular formula is C9H15N3O4S2. The Labute approximate surface area is 106 Å². The van der Waals surface area contributed by atoms with Crippen LogP contribution in [0.4, 0.5) is 5.69 Å². The third-order valence-electron chi connectivity index (χ3n) is 3.00. The highest BCUT2D eigenvalue weighted by molar-refractivity contribution is 7.97. The molecule has 1 fully saturated rings. The quantitative estimate of drug-likeness (QED) is 0.812. The van der Waals surface area contributed by atoms with E-state index in [2.05, 4.69) is 14.9 Å². The van der Waals surface area contributed by atoms with Crippen LogP contribution in [0.1, 0.15) is 17.8 Å². The van der Waals surface area contributed by atoms with E-state index in [-0.39, 0.29) is 17.9 Å². The van der Waals surface area contributed by atoms with E-state index in [1.54, 1.807) is 13.8 Å². The summed E-state index contributed by atoms with van der Waals surface area (Å²) >= 11 is 0. The van der Waals surface area contributed by atoms with Crippen molar-refractivity contribution in [3.05, 3.63) is 11.4 Å². The summed E-state index contributed by atoms with van der Waals surface area (Å²) in [5, 5.41) is 5.68. The van der Waals surface area contributed by atoms with Gasteiger partial charge in [0.15, 0.2) is 9.84 Å². The number of H-pyrrole nitrogens is 1. The number of sulfone groups is 1. The molecule has 2 rings (SSSR count). The van der Waals surface area contributed by atoms with Crippen LogP contribution in [0.15, 0.2) is 0 Å². The number of anilines is 1. The Bertz CT molecular complexity index is 640. The number of sulfonamides is 1.